The Morgan fingerprint density at radius 1 is 1.42 bits per heavy atom. The standard InChI is InChI=1S/C15H19Br2NO/c1-10-5-6-12(8-14(10)17)15(19)18-9-11-3-2-4-13(16)7-11/h5-6,8,11,13H,2-4,7,9H2,1H3,(H,18,19). The lowest BCUT2D eigenvalue weighted by atomic mass is 9.89. The van der Waals surface area contributed by atoms with E-state index in [1.807, 2.05) is 25.1 Å². The van der Waals surface area contributed by atoms with E-state index in [4.69, 9.17) is 0 Å². The van der Waals surface area contributed by atoms with Crippen LogP contribution in [0.15, 0.2) is 22.7 Å². The number of hydrogen-bond donors (Lipinski definition) is 1. The van der Waals surface area contributed by atoms with Gasteiger partial charge in [-0.05, 0) is 49.8 Å². The molecule has 1 N–H and O–H groups in total. The smallest absolute Gasteiger partial charge is 0.251 e. The van der Waals surface area contributed by atoms with Crippen LogP contribution in [0.1, 0.15) is 41.6 Å². The summed E-state index contributed by atoms with van der Waals surface area (Å²) in [6, 6.07) is 5.73. The van der Waals surface area contributed by atoms with Crippen molar-refractivity contribution in [3.05, 3.63) is 33.8 Å². The molecule has 2 nitrogen and oxygen atoms in total. The minimum atomic E-state index is 0.0254. The molecule has 19 heavy (non-hydrogen) atoms. The average molecular weight is 389 g/mol. The minimum Gasteiger partial charge on any atom is -0.352 e. The summed E-state index contributed by atoms with van der Waals surface area (Å²) in [6.45, 7) is 2.80. The molecule has 104 valence electrons. The van der Waals surface area contributed by atoms with E-state index in [9.17, 15) is 4.79 Å². The number of halogens is 2. The lowest BCUT2D eigenvalue weighted by molar-refractivity contribution is 0.0944. The molecule has 0 heterocycles. The maximum Gasteiger partial charge on any atom is 0.251 e. The molecule has 2 atom stereocenters. The van der Waals surface area contributed by atoms with E-state index >= 15 is 0 Å². The SMILES string of the molecule is Cc1ccc(C(=O)NCC2CCCC(Br)C2)cc1Br. The largest absolute Gasteiger partial charge is 0.352 e. The van der Waals surface area contributed by atoms with E-state index < -0.39 is 0 Å². The second-order valence-electron chi connectivity index (χ2n) is 5.30. The Morgan fingerprint density at radius 3 is 2.89 bits per heavy atom. The third-order valence-corrected chi connectivity index (χ3v) is 5.39. The summed E-state index contributed by atoms with van der Waals surface area (Å²) in [6.07, 6.45) is 4.90. The first-order chi connectivity index (χ1) is 9.06. The molecule has 0 spiro atoms. The van der Waals surface area contributed by atoms with Crippen LogP contribution in [0.3, 0.4) is 0 Å². The summed E-state index contributed by atoms with van der Waals surface area (Å²) in [5.74, 6) is 0.633. The van der Waals surface area contributed by atoms with Gasteiger partial charge >= 0.3 is 0 Å². The van der Waals surface area contributed by atoms with Crippen molar-refractivity contribution in [3.8, 4) is 0 Å². The topological polar surface area (TPSA) is 29.1 Å². The second kappa shape index (κ2) is 6.89. The monoisotopic (exact) mass is 387 g/mol. The molecule has 1 amide bonds. The Morgan fingerprint density at radius 2 is 2.21 bits per heavy atom. The molecule has 4 heteroatoms. The predicted octanol–water partition coefficient (Wildman–Crippen LogP) is 4.44. The molecular weight excluding hydrogens is 370 g/mol. The molecule has 1 aliphatic carbocycles. The van der Waals surface area contributed by atoms with Crippen molar-refractivity contribution in [3.63, 3.8) is 0 Å². The fourth-order valence-electron chi connectivity index (χ4n) is 2.48. The minimum absolute atomic E-state index is 0.0254. The lowest BCUT2D eigenvalue weighted by Crippen LogP contribution is -2.31. The summed E-state index contributed by atoms with van der Waals surface area (Å²) < 4.78 is 0.985. The molecule has 1 aromatic rings. The van der Waals surface area contributed by atoms with Gasteiger partial charge in [-0.1, -0.05) is 44.3 Å². The third kappa shape index (κ3) is 4.32. The van der Waals surface area contributed by atoms with Crippen LogP contribution >= 0.6 is 31.9 Å². The highest BCUT2D eigenvalue weighted by atomic mass is 79.9. The van der Waals surface area contributed by atoms with Crippen LogP contribution in [0.5, 0.6) is 0 Å². The number of alkyl halides is 1. The number of carbonyl (C=O) groups is 1. The van der Waals surface area contributed by atoms with Crippen molar-refractivity contribution in [1.82, 2.24) is 5.32 Å². The molecule has 0 aromatic heterocycles. The van der Waals surface area contributed by atoms with Crippen LogP contribution in [-0.4, -0.2) is 17.3 Å². The van der Waals surface area contributed by atoms with Crippen LogP contribution in [0, 0.1) is 12.8 Å². The number of benzene rings is 1. The van der Waals surface area contributed by atoms with Crippen LogP contribution in [-0.2, 0) is 0 Å². The molecule has 2 unspecified atom stereocenters. The maximum atomic E-state index is 12.1. The van der Waals surface area contributed by atoms with Gasteiger partial charge in [0.2, 0.25) is 0 Å². The number of amides is 1. The van der Waals surface area contributed by atoms with E-state index in [2.05, 4.69) is 37.2 Å². The van der Waals surface area contributed by atoms with E-state index in [1.165, 1.54) is 19.3 Å². The normalized spacial score (nSPS) is 23.1. The maximum absolute atomic E-state index is 12.1. The van der Waals surface area contributed by atoms with E-state index in [-0.39, 0.29) is 5.91 Å². The van der Waals surface area contributed by atoms with Gasteiger partial charge in [-0.3, -0.25) is 4.79 Å². The van der Waals surface area contributed by atoms with Crippen molar-refractivity contribution < 1.29 is 4.79 Å². The molecule has 1 aliphatic rings. The van der Waals surface area contributed by atoms with Crippen LogP contribution in [0.25, 0.3) is 0 Å². The highest BCUT2D eigenvalue weighted by molar-refractivity contribution is 9.10. The molecule has 0 aliphatic heterocycles. The highest BCUT2D eigenvalue weighted by Gasteiger charge is 2.20. The Bertz CT molecular complexity index is 461. The van der Waals surface area contributed by atoms with Crippen LogP contribution < -0.4 is 5.32 Å². The molecule has 0 bridgehead atoms. The first-order valence-electron chi connectivity index (χ1n) is 6.74. The zero-order chi connectivity index (χ0) is 13.8. The first kappa shape index (κ1) is 15.0. The van der Waals surface area contributed by atoms with E-state index in [0.29, 0.717) is 10.7 Å². The number of nitrogens with one attached hydrogen (secondary N) is 1. The van der Waals surface area contributed by atoms with Crippen molar-refractivity contribution in [1.29, 1.82) is 0 Å². The van der Waals surface area contributed by atoms with Crippen molar-refractivity contribution >= 4 is 37.8 Å². The van der Waals surface area contributed by atoms with Gasteiger partial charge < -0.3 is 5.32 Å². The second-order valence-corrected chi connectivity index (χ2v) is 7.45. The molecular formula is C15H19Br2NO. The summed E-state index contributed by atoms with van der Waals surface area (Å²) in [7, 11) is 0. The lowest BCUT2D eigenvalue weighted by Gasteiger charge is -2.25. The average Bonchev–Trinajstić information content (AvgIpc) is 2.39. The first-order valence-corrected chi connectivity index (χ1v) is 8.45. The molecule has 1 saturated carbocycles. The molecule has 2 rings (SSSR count). The van der Waals surface area contributed by atoms with Gasteiger partial charge in [-0.15, -0.1) is 0 Å². The van der Waals surface area contributed by atoms with Gasteiger partial charge in [0.05, 0.1) is 0 Å². The summed E-state index contributed by atoms with van der Waals surface area (Å²) in [5, 5.41) is 3.06. The van der Waals surface area contributed by atoms with Crippen LogP contribution in [0.2, 0.25) is 0 Å². The van der Waals surface area contributed by atoms with E-state index in [1.54, 1.807) is 0 Å². The molecule has 0 radical (unpaired) electrons. The molecule has 1 fully saturated rings. The number of rotatable bonds is 3. The Kier molecular flexibility index (Phi) is 5.46. The zero-order valence-corrected chi connectivity index (χ0v) is 14.3. The summed E-state index contributed by atoms with van der Waals surface area (Å²) in [5.41, 5.74) is 1.87. The van der Waals surface area contributed by atoms with E-state index in [0.717, 1.165) is 28.6 Å². The predicted molar refractivity (Wildman–Crippen MR) is 85.9 cm³/mol. The Hall–Kier alpha value is -0.350. The third-order valence-electron chi connectivity index (χ3n) is 3.70. The van der Waals surface area contributed by atoms with Crippen molar-refractivity contribution in [2.24, 2.45) is 5.92 Å². The fourth-order valence-corrected chi connectivity index (χ4v) is 3.72. The fraction of sp³-hybridized carbons (Fsp3) is 0.533. The van der Waals surface area contributed by atoms with Crippen molar-refractivity contribution in [2.45, 2.75) is 37.4 Å². The van der Waals surface area contributed by atoms with Gasteiger partial charge in [-0.25, -0.2) is 0 Å². The molecule has 0 saturated heterocycles. The number of hydrogen-bond acceptors (Lipinski definition) is 1. The summed E-state index contributed by atoms with van der Waals surface area (Å²) >= 11 is 7.14. The van der Waals surface area contributed by atoms with Gasteiger partial charge in [0.25, 0.3) is 5.91 Å². The van der Waals surface area contributed by atoms with Crippen LogP contribution in [0.4, 0.5) is 0 Å². The molecule has 1 aromatic carbocycles. The van der Waals surface area contributed by atoms with Gasteiger partial charge in [0.1, 0.15) is 0 Å². The van der Waals surface area contributed by atoms with Gasteiger partial charge in [0.15, 0.2) is 0 Å². The Balaban J connectivity index is 1.88. The quantitative estimate of drug-likeness (QED) is 0.762. The highest BCUT2D eigenvalue weighted by Crippen LogP contribution is 2.28. The van der Waals surface area contributed by atoms with Gasteiger partial charge in [-0.2, -0.15) is 0 Å². The van der Waals surface area contributed by atoms with Crippen molar-refractivity contribution in [2.75, 3.05) is 6.54 Å². The van der Waals surface area contributed by atoms with Gasteiger partial charge in [0, 0.05) is 21.4 Å². The number of aryl methyl sites for hydroxylation is 1. The zero-order valence-electron chi connectivity index (χ0n) is 11.1. The summed E-state index contributed by atoms with van der Waals surface area (Å²) in [4.78, 5) is 12.7. The number of carbonyl (C=O) groups excluding carboxylic acids is 1. The Labute approximate surface area is 131 Å².